The summed E-state index contributed by atoms with van der Waals surface area (Å²) in [6.07, 6.45) is 0. The number of hydrogen-bond donors (Lipinski definition) is 3. The summed E-state index contributed by atoms with van der Waals surface area (Å²) < 4.78 is -1.19. The van der Waals surface area contributed by atoms with Crippen LogP contribution >= 0.6 is 67.8 Å². The Morgan fingerprint density at radius 2 is 1.55 bits per heavy atom. The number of nitrogens with two attached hydrogens (primary N) is 2. The average molecular weight is 616 g/mol. The largest absolute Gasteiger partial charge is 0.480 e. The molecule has 1 rings (SSSR count). The Bertz CT molecular complexity index is 582. The Morgan fingerprint density at radius 1 is 1.10 bits per heavy atom. The molecular weight excluding hydrogens is 605 g/mol. The summed E-state index contributed by atoms with van der Waals surface area (Å²) in [5, 5.41) is 9.68. The Balaban J connectivity index is 4.02. The molecule has 0 bridgehead atoms. The van der Waals surface area contributed by atoms with E-state index in [0.717, 1.165) is 6.92 Å². The van der Waals surface area contributed by atoms with Crippen molar-refractivity contribution in [2.24, 2.45) is 16.9 Å². The molecule has 0 fully saturated rings. The van der Waals surface area contributed by atoms with Crippen molar-refractivity contribution in [3.05, 3.63) is 18.6 Å². The quantitative estimate of drug-likeness (QED) is 0.252. The molecule has 6 nitrogen and oxygen atoms in total. The maximum Gasteiger partial charge on any atom is 0.324 e. The second kappa shape index (κ2) is 5.70. The number of alkyl halides is 1. The molecule has 0 radical (unpaired) electrons. The van der Waals surface area contributed by atoms with Crippen molar-refractivity contribution in [1.29, 1.82) is 0 Å². The fourth-order valence-electron chi connectivity index (χ4n) is 2.19. The van der Waals surface area contributed by atoms with E-state index in [-0.39, 0.29) is 15.0 Å². The van der Waals surface area contributed by atoms with Crippen molar-refractivity contribution >= 4 is 85.3 Å². The normalized spacial score (nSPS) is 30.4. The van der Waals surface area contributed by atoms with Crippen molar-refractivity contribution in [2.75, 3.05) is 0 Å². The van der Waals surface area contributed by atoms with Crippen LogP contribution in [0.15, 0.2) is 18.6 Å². The van der Waals surface area contributed by atoms with Crippen LogP contribution in [0.5, 0.6) is 0 Å². The molecule has 2 unspecified atom stereocenters. The van der Waals surface area contributed by atoms with E-state index in [9.17, 15) is 19.5 Å². The summed E-state index contributed by atoms with van der Waals surface area (Å²) >= 11 is 5.22. The van der Waals surface area contributed by atoms with Gasteiger partial charge in [-0.05, 0) is 59.0 Å². The van der Waals surface area contributed by atoms with Gasteiger partial charge in [-0.25, -0.2) is 0 Å². The maximum absolute atomic E-state index is 12.2. The molecule has 1 aliphatic carbocycles. The van der Waals surface area contributed by atoms with Crippen LogP contribution in [0.25, 0.3) is 0 Å². The standard InChI is InChI=1S/C11H11I3N2O4/c1-3(17)10(9(19)20)7(13)6(15)5(12)8(16)11(10,14)4(2)18/h15-16H2,1-2H3,(H,19,20). The highest BCUT2D eigenvalue weighted by Gasteiger charge is 2.68. The molecule has 5 N–H and O–H groups in total. The van der Waals surface area contributed by atoms with Gasteiger partial charge in [0.15, 0.2) is 17.0 Å². The lowest BCUT2D eigenvalue weighted by atomic mass is 9.66. The zero-order valence-electron chi connectivity index (χ0n) is 10.5. The van der Waals surface area contributed by atoms with Crippen molar-refractivity contribution in [3.8, 4) is 0 Å². The van der Waals surface area contributed by atoms with Crippen LogP contribution in [-0.2, 0) is 14.4 Å². The fourth-order valence-corrected chi connectivity index (χ4v) is 6.85. The summed E-state index contributed by atoms with van der Waals surface area (Å²) in [6.45, 7) is 2.34. The maximum atomic E-state index is 12.2. The number of carboxylic acids is 1. The molecule has 0 spiro atoms. The van der Waals surface area contributed by atoms with Gasteiger partial charge in [-0.3, -0.25) is 14.4 Å². The van der Waals surface area contributed by atoms with Gasteiger partial charge in [-0.15, -0.1) is 0 Å². The van der Waals surface area contributed by atoms with E-state index < -0.39 is 26.4 Å². The fraction of sp³-hybridized carbons (Fsp3) is 0.364. The SMILES string of the molecule is CC(=O)C1(I)C(N)=C(I)C(N)=C(I)C1(C(C)=O)C(=O)O. The van der Waals surface area contributed by atoms with E-state index in [1.54, 1.807) is 45.2 Å². The van der Waals surface area contributed by atoms with Crippen LogP contribution in [0.3, 0.4) is 0 Å². The van der Waals surface area contributed by atoms with Crippen molar-refractivity contribution in [3.63, 3.8) is 0 Å². The Hall–Kier alpha value is 0.0800. The van der Waals surface area contributed by atoms with Gasteiger partial charge in [-0.1, -0.05) is 22.6 Å². The summed E-state index contributed by atoms with van der Waals surface area (Å²) in [7, 11) is 0. The minimum Gasteiger partial charge on any atom is -0.480 e. The highest BCUT2D eigenvalue weighted by atomic mass is 127. The van der Waals surface area contributed by atoms with Crippen LogP contribution in [0.1, 0.15) is 13.8 Å². The third kappa shape index (κ3) is 2.02. The predicted molar refractivity (Wildman–Crippen MR) is 98.6 cm³/mol. The first-order valence-corrected chi connectivity index (χ1v) is 8.47. The number of carbonyl (C=O) groups excluding carboxylic acids is 2. The minimum atomic E-state index is -2.09. The number of halogens is 3. The number of aliphatic carboxylic acids is 1. The molecule has 0 saturated heterocycles. The molecule has 0 saturated carbocycles. The molecule has 9 heteroatoms. The van der Waals surface area contributed by atoms with E-state index in [2.05, 4.69) is 0 Å². The average Bonchev–Trinajstić information content (AvgIpc) is 2.33. The number of ketones is 2. The molecule has 2 atom stereocenters. The van der Waals surface area contributed by atoms with Crippen LogP contribution in [0, 0.1) is 5.41 Å². The van der Waals surface area contributed by atoms with Gasteiger partial charge in [0.1, 0.15) is 3.42 Å². The van der Waals surface area contributed by atoms with Crippen LogP contribution < -0.4 is 11.5 Å². The zero-order valence-corrected chi connectivity index (χ0v) is 16.9. The van der Waals surface area contributed by atoms with Crippen molar-refractivity contribution < 1.29 is 19.5 Å². The zero-order chi connectivity index (χ0) is 16.0. The number of Topliss-reactive ketones (excluding diaryl/α,β-unsaturated/α-hetero) is 2. The highest BCUT2D eigenvalue weighted by Crippen LogP contribution is 2.57. The molecular formula is C11H11I3N2O4. The molecule has 110 valence electrons. The topological polar surface area (TPSA) is 123 Å². The molecule has 0 heterocycles. The lowest BCUT2D eigenvalue weighted by Gasteiger charge is -2.44. The molecule has 1 aliphatic rings. The number of rotatable bonds is 3. The smallest absolute Gasteiger partial charge is 0.324 e. The molecule has 0 amide bonds. The first kappa shape index (κ1) is 18.1. The van der Waals surface area contributed by atoms with Crippen molar-refractivity contribution in [1.82, 2.24) is 0 Å². The monoisotopic (exact) mass is 616 g/mol. The molecule has 0 aromatic heterocycles. The van der Waals surface area contributed by atoms with E-state index in [1.807, 2.05) is 22.6 Å². The molecule has 0 aromatic rings. The molecule has 20 heavy (non-hydrogen) atoms. The first-order chi connectivity index (χ1) is 8.97. The second-order valence-electron chi connectivity index (χ2n) is 4.28. The lowest BCUT2D eigenvalue weighted by Crippen LogP contribution is -2.62. The van der Waals surface area contributed by atoms with Crippen LogP contribution in [-0.4, -0.2) is 26.1 Å². The summed E-state index contributed by atoms with van der Waals surface area (Å²) in [4.78, 5) is 36.2. The predicted octanol–water partition coefficient (Wildman–Crippen LogP) is 1.63. The summed E-state index contributed by atoms with van der Waals surface area (Å²) in [6, 6.07) is 0. The first-order valence-electron chi connectivity index (χ1n) is 5.23. The van der Waals surface area contributed by atoms with Crippen LogP contribution in [0.2, 0.25) is 0 Å². The second-order valence-corrected chi connectivity index (χ2v) is 8.06. The van der Waals surface area contributed by atoms with Gasteiger partial charge in [0.2, 0.25) is 0 Å². The van der Waals surface area contributed by atoms with E-state index in [4.69, 9.17) is 11.5 Å². The summed E-state index contributed by atoms with van der Waals surface area (Å²) in [5.74, 6) is -2.63. The van der Waals surface area contributed by atoms with E-state index >= 15 is 0 Å². The van der Waals surface area contributed by atoms with Crippen LogP contribution in [0.4, 0.5) is 0 Å². The number of carbonyl (C=O) groups is 3. The molecule has 0 aliphatic heterocycles. The van der Waals surface area contributed by atoms with Gasteiger partial charge in [0, 0.05) is 9.28 Å². The third-order valence-corrected chi connectivity index (χ3v) is 7.96. The highest BCUT2D eigenvalue weighted by molar-refractivity contribution is 14.1. The Morgan fingerprint density at radius 3 is 1.85 bits per heavy atom. The van der Waals surface area contributed by atoms with Gasteiger partial charge >= 0.3 is 5.97 Å². The number of carboxylic acid groups (broad SMARTS) is 1. The van der Waals surface area contributed by atoms with Gasteiger partial charge in [0.05, 0.1) is 9.28 Å². The Kier molecular flexibility index (Phi) is 5.17. The van der Waals surface area contributed by atoms with Gasteiger partial charge in [0.25, 0.3) is 0 Å². The molecule has 0 aromatic carbocycles. The summed E-state index contributed by atoms with van der Waals surface area (Å²) in [5.41, 5.74) is 9.88. The Labute approximate surface area is 156 Å². The van der Waals surface area contributed by atoms with E-state index in [1.165, 1.54) is 6.92 Å². The number of hydrogen-bond acceptors (Lipinski definition) is 5. The van der Waals surface area contributed by atoms with E-state index in [0.29, 0.717) is 3.58 Å². The minimum absolute atomic E-state index is 0.00159. The van der Waals surface area contributed by atoms with Crippen molar-refractivity contribution in [2.45, 2.75) is 17.3 Å². The number of allylic oxidation sites excluding steroid dienone is 2. The lowest BCUT2D eigenvalue weighted by molar-refractivity contribution is -0.154. The van der Waals surface area contributed by atoms with Gasteiger partial charge < -0.3 is 16.6 Å². The van der Waals surface area contributed by atoms with Gasteiger partial charge in [-0.2, -0.15) is 0 Å². The third-order valence-electron chi connectivity index (χ3n) is 3.26.